The van der Waals surface area contributed by atoms with Gasteiger partial charge in [-0.2, -0.15) is 0 Å². The number of aryl methyl sites for hydroxylation is 1. The van der Waals surface area contributed by atoms with Crippen LogP contribution in [0.4, 0.5) is 5.69 Å². The molecule has 98 valence electrons. The first-order chi connectivity index (χ1) is 9.25. The number of hydrogen-bond acceptors (Lipinski definition) is 3. The maximum Gasteiger partial charge on any atom is 0.229 e. The molecule has 19 heavy (non-hydrogen) atoms. The average Bonchev–Trinajstić information content (AvgIpc) is 3.02. The van der Waals surface area contributed by atoms with E-state index in [1.165, 1.54) is 10.4 Å². The first-order valence-corrected chi connectivity index (χ1v) is 7.27. The van der Waals surface area contributed by atoms with E-state index in [2.05, 4.69) is 29.0 Å². The summed E-state index contributed by atoms with van der Waals surface area (Å²) in [7, 11) is 0. The van der Waals surface area contributed by atoms with Crippen molar-refractivity contribution in [2.75, 3.05) is 11.9 Å². The minimum atomic E-state index is -0.0727. The zero-order chi connectivity index (χ0) is 13.2. The highest BCUT2D eigenvalue weighted by Crippen LogP contribution is 2.31. The van der Waals surface area contributed by atoms with Crippen molar-refractivity contribution in [1.82, 2.24) is 5.32 Å². The van der Waals surface area contributed by atoms with Crippen LogP contribution < -0.4 is 10.6 Å². The Labute approximate surface area is 116 Å². The highest BCUT2D eigenvalue weighted by atomic mass is 32.1. The molecule has 1 aliphatic rings. The van der Waals surface area contributed by atoms with Crippen LogP contribution in [-0.4, -0.2) is 12.5 Å². The lowest BCUT2D eigenvalue weighted by atomic mass is 10.0. The van der Waals surface area contributed by atoms with Crippen molar-refractivity contribution in [3.8, 4) is 0 Å². The number of carbonyl (C=O) groups is 1. The number of benzene rings is 1. The monoisotopic (exact) mass is 272 g/mol. The minimum Gasteiger partial charge on any atom is -0.384 e. The summed E-state index contributed by atoms with van der Waals surface area (Å²) in [5, 5.41) is 8.38. The molecule has 4 heteroatoms. The average molecular weight is 272 g/mol. The lowest BCUT2D eigenvalue weighted by Crippen LogP contribution is -2.29. The zero-order valence-corrected chi connectivity index (χ0v) is 11.6. The maximum absolute atomic E-state index is 12.3. The smallest absolute Gasteiger partial charge is 0.229 e. The molecule has 2 aromatic rings. The van der Waals surface area contributed by atoms with Crippen LogP contribution >= 0.6 is 11.3 Å². The Hall–Kier alpha value is -1.81. The van der Waals surface area contributed by atoms with Crippen LogP contribution in [0.1, 0.15) is 21.9 Å². The molecule has 3 nitrogen and oxygen atoms in total. The fourth-order valence-corrected chi connectivity index (χ4v) is 3.24. The number of para-hydroxylation sites is 1. The van der Waals surface area contributed by atoms with E-state index >= 15 is 0 Å². The molecule has 1 aromatic heterocycles. The van der Waals surface area contributed by atoms with Crippen molar-refractivity contribution < 1.29 is 4.79 Å². The Bertz CT molecular complexity index is 606. The lowest BCUT2D eigenvalue weighted by molar-refractivity contribution is -0.122. The van der Waals surface area contributed by atoms with Crippen LogP contribution in [0.5, 0.6) is 0 Å². The second-order valence-electron chi connectivity index (χ2n) is 4.77. The topological polar surface area (TPSA) is 41.1 Å². The summed E-state index contributed by atoms with van der Waals surface area (Å²) in [5.74, 6) is 0.0294. The molecule has 0 spiro atoms. The van der Waals surface area contributed by atoms with Crippen LogP contribution in [0.15, 0.2) is 35.7 Å². The van der Waals surface area contributed by atoms with Crippen LogP contribution in [-0.2, 0) is 11.3 Å². The summed E-state index contributed by atoms with van der Waals surface area (Å²) in [6.45, 7) is 3.39. The molecule has 0 bridgehead atoms. The number of fused-ring (bicyclic) bond motifs is 1. The van der Waals surface area contributed by atoms with Gasteiger partial charge in [-0.1, -0.05) is 18.2 Å². The molecule has 0 radical (unpaired) electrons. The molecule has 0 saturated heterocycles. The predicted molar refractivity (Wildman–Crippen MR) is 78.6 cm³/mol. The molecule has 3 rings (SSSR count). The lowest BCUT2D eigenvalue weighted by Gasteiger charge is -2.11. The normalized spacial score (nSPS) is 16.8. The largest absolute Gasteiger partial charge is 0.384 e. The Morgan fingerprint density at radius 1 is 1.42 bits per heavy atom. The van der Waals surface area contributed by atoms with Crippen LogP contribution in [0, 0.1) is 6.92 Å². The highest BCUT2D eigenvalue weighted by Gasteiger charge is 2.27. The number of nitrogens with one attached hydrogen (secondary N) is 2. The van der Waals surface area contributed by atoms with Crippen LogP contribution in [0.3, 0.4) is 0 Å². The molecule has 2 N–H and O–H groups in total. The number of amides is 1. The molecule has 0 fully saturated rings. The second kappa shape index (κ2) is 5.05. The third kappa shape index (κ3) is 2.36. The van der Waals surface area contributed by atoms with Gasteiger partial charge in [-0.25, -0.2) is 0 Å². The van der Waals surface area contributed by atoms with Gasteiger partial charge in [0.05, 0.1) is 12.5 Å². The van der Waals surface area contributed by atoms with E-state index < -0.39 is 0 Å². The van der Waals surface area contributed by atoms with Crippen molar-refractivity contribution in [3.05, 3.63) is 51.7 Å². The van der Waals surface area contributed by atoms with Crippen LogP contribution in [0.2, 0.25) is 0 Å². The van der Waals surface area contributed by atoms with Crippen molar-refractivity contribution in [3.63, 3.8) is 0 Å². The number of anilines is 1. The molecule has 1 unspecified atom stereocenters. The van der Waals surface area contributed by atoms with Gasteiger partial charge in [0.25, 0.3) is 0 Å². The molecule has 2 heterocycles. The maximum atomic E-state index is 12.3. The van der Waals surface area contributed by atoms with E-state index in [4.69, 9.17) is 0 Å². The van der Waals surface area contributed by atoms with Crippen LogP contribution in [0.25, 0.3) is 0 Å². The molecule has 0 saturated carbocycles. The summed E-state index contributed by atoms with van der Waals surface area (Å²) < 4.78 is 0. The summed E-state index contributed by atoms with van der Waals surface area (Å²) in [6.07, 6.45) is 0. The third-order valence-electron chi connectivity index (χ3n) is 3.54. The van der Waals surface area contributed by atoms with Gasteiger partial charge >= 0.3 is 0 Å². The van der Waals surface area contributed by atoms with Crippen molar-refractivity contribution in [1.29, 1.82) is 0 Å². The van der Waals surface area contributed by atoms with E-state index in [0.717, 1.165) is 11.3 Å². The second-order valence-corrected chi connectivity index (χ2v) is 5.77. The molecule has 1 aliphatic heterocycles. The van der Waals surface area contributed by atoms with Gasteiger partial charge in [0, 0.05) is 17.1 Å². The first-order valence-electron chi connectivity index (χ1n) is 6.39. The van der Waals surface area contributed by atoms with E-state index in [9.17, 15) is 4.79 Å². The highest BCUT2D eigenvalue weighted by molar-refractivity contribution is 7.10. The fourth-order valence-electron chi connectivity index (χ4n) is 2.39. The van der Waals surface area contributed by atoms with Gasteiger partial charge < -0.3 is 10.6 Å². The van der Waals surface area contributed by atoms with Crippen molar-refractivity contribution in [2.24, 2.45) is 0 Å². The van der Waals surface area contributed by atoms with E-state index in [0.29, 0.717) is 13.1 Å². The number of rotatable bonds is 3. The Kier molecular flexibility index (Phi) is 3.25. The Balaban J connectivity index is 1.68. The minimum absolute atomic E-state index is 0.0727. The predicted octanol–water partition coefficient (Wildman–Crippen LogP) is 2.88. The first kappa shape index (κ1) is 12.2. The molecule has 1 aromatic carbocycles. The SMILES string of the molecule is Cc1ccsc1CNC(=O)C1CNc2ccccc21. The molecule has 1 amide bonds. The van der Waals surface area contributed by atoms with Crippen molar-refractivity contribution >= 4 is 22.9 Å². The number of carbonyl (C=O) groups excluding carboxylic acids is 1. The Morgan fingerprint density at radius 3 is 3.05 bits per heavy atom. The molecule has 0 aliphatic carbocycles. The fraction of sp³-hybridized carbons (Fsp3) is 0.267. The molecular formula is C15H16N2OS. The van der Waals surface area contributed by atoms with Gasteiger partial charge in [-0.15, -0.1) is 11.3 Å². The molecule has 1 atom stereocenters. The van der Waals surface area contributed by atoms with Crippen molar-refractivity contribution in [2.45, 2.75) is 19.4 Å². The summed E-state index contributed by atoms with van der Waals surface area (Å²) in [6, 6.07) is 10.1. The van der Waals surface area contributed by atoms with E-state index in [1.54, 1.807) is 11.3 Å². The quantitative estimate of drug-likeness (QED) is 0.902. The van der Waals surface area contributed by atoms with Gasteiger partial charge in [0.2, 0.25) is 5.91 Å². The summed E-state index contributed by atoms with van der Waals surface area (Å²) >= 11 is 1.69. The Morgan fingerprint density at radius 2 is 2.26 bits per heavy atom. The zero-order valence-electron chi connectivity index (χ0n) is 10.8. The summed E-state index contributed by atoms with van der Waals surface area (Å²) in [5.41, 5.74) is 3.42. The van der Waals surface area contributed by atoms with Gasteiger partial charge in [0.1, 0.15) is 0 Å². The van der Waals surface area contributed by atoms with E-state index in [-0.39, 0.29) is 11.8 Å². The standard InChI is InChI=1S/C15H16N2OS/c1-10-6-7-19-14(10)9-17-15(18)12-8-16-13-5-3-2-4-11(12)13/h2-7,12,16H,8-9H2,1H3,(H,17,18). The van der Waals surface area contributed by atoms with Gasteiger partial charge in [0.15, 0.2) is 0 Å². The number of thiophene rings is 1. The summed E-state index contributed by atoms with van der Waals surface area (Å²) in [4.78, 5) is 13.5. The number of hydrogen-bond donors (Lipinski definition) is 2. The molecular weight excluding hydrogens is 256 g/mol. The van der Waals surface area contributed by atoms with Gasteiger partial charge in [-0.05, 0) is 35.6 Å². The van der Waals surface area contributed by atoms with Gasteiger partial charge in [-0.3, -0.25) is 4.79 Å². The third-order valence-corrected chi connectivity index (χ3v) is 4.56. The van der Waals surface area contributed by atoms with E-state index in [1.807, 2.05) is 24.3 Å².